The molecule has 0 spiro atoms. The van der Waals surface area contributed by atoms with Crippen LogP contribution in [0.4, 0.5) is 4.39 Å². The first kappa shape index (κ1) is 13.6. The van der Waals surface area contributed by atoms with E-state index in [1.165, 1.54) is 6.20 Å². The molecule has 0 aromatic carbocycles. The van der Waals surface area contributed by atoms with Gasteiger partial charge < -0.3 is 10.4 Å². The summed E-state index contributed by atoms with van der Waals surface area (Å²) in [5.41, 5.74) is 0.212. The van der Waals surface area contributed by atoms with Crippen LogP contribution in [0.1, 0.15) is 30.1 Å². The molecule has 0 radical (unpaired) electrons. The Labute approximate surface area is 99.9 Å². The highest BCUT2D eigenvalue weighted by atomic mass is 19.1. The molecule has 1 unspecified atom stereocenters. The molecule has 17 heavy (non-hydrogen) atoms. The average molecular weight is 240 g/mol. The zero-order valence-electron chi connectivity index (χ0n) is 9.82. The SMILES string of the molecule is CCC(CCO)CNC(=O)c1cncc(F)c1. The normalized spacial score (nSPS) is 12.2. The summed E-state index contributed by atoms with van der Waals surface area (Å²) >= 11 is 0. The Hall–Kier alpha value is -1.49. The van der Waals surface area contributed by atoms with Crippen LogP contribution in [0.5, 0.6) is 0 Å². The first-order valence-corrected chi connectivity index (χ1v) is 5.67. The van der Waals surface area contributed by atoms with Crippen molar-refractivity contribution in [1.82, 2.24) is 10.3 Å². The molecule has 5 heteroatoms. The van der Waals surface area contributed by atoms with Gasteiger partial charge in [0.15, 0.2) is 0 Å². The number of aliphatic hydroxyl groups excluding tert-OH is 1. The number of pyridine rings is 1. The number of hydrogen-bond donors (Lipinski definition) is 2. The van der Waals surface area contributed by atoms with Crippen molar-refractivity contribution in [2.24, 2.45) is 5.92 Å². The summed E-state index contributed by atoms with van der Waals surface area (Å²) < 4.78 is 12.8. The van der Waals surface area contributed by atoms with Crippen LogP contribution in [-0.4, -0.2) is 29.1 Å². The molecule has 0 saturated carbocycles. The molecule has 1 amide bonds. The maximum Gasteiger partial charge on any atom is 0.252 e. The van der Waals surface area contributed by atoms with Crippen LogP contribution < -0.4 is 5.32 Å². The minimum atomic E-state index is -0.528. The van der Waals surface area contributed by atoms with E-state index < -0.39 is 5.82 Å². The Kier molecular flexibility index (Phi) is 5.56. The average Bonchev–Trinajstić information content (AvgIpc) is 2.34. The monoisotopic (exact) mass is 240 g/mol. The molecule has 0 aliphatic carbocycles. The Bertz CT molecular complexity index is 371. The molecule has 94 valence electrons. The van der Waals surface area contributed by atoms with Crippen molar-refractivity contribution in [1.29, 1.82) is 0 Å². The number of nitrogens with zero attached hydrogens (tertiary/aromatic N) is 1. The molecule has 1 rings (SSSR count). The van der Waals surface area contributed by atoms with Crippen molar-refractivity contribution in [3.63, 3.8) is 0 Å². The third kappa shape index (κ3) is 4.48. The number of hydrogen-bond acceptors (Lipinski definition) is 3. The van der Waals surface area contributed by atoms with Gasteiger partial charge in [0.05, 0.1) is 11.8 Å². The number of amides is 1. The number of carbonyl (C=O) groups is 1. The van der Waals surface area contributed by atoms with E-state index in [-0.39, 0.29) is 24.0 Å². The zero-order valence-corrected chi connectivity index (χ0v) is 9.82. The molecule has 0 fully saturated rings. The maximum atomic E-state index is 12.8. The minimum absolute atomic E-state index is 0.107. The molecular weight excluding hydrogens is 223 g/mol. The number of halogens is 1. The fraction of sp³-hybridized carbons (Fsp3) is 0.500. The van der Waals surface area contributed by atoms with Crippen molar-refractivity contribution in [2.75, 3.05) is 13.2 Å². The number of carbonyl (C=O) groups excluding carboxylic acids is 1. The van der Waals surface area contributed by atoms with E-state index in [2.05, 4.69) is 10.3 Å². The summed E-state index contributed by atoms with van der Waals surface area (Å²) in [6.07, 6.45) is 3.91. The molecule has 4 nitrogen and oxygen atoms in total. The van der Waals surface area contributed by atoms with E-state index in [4.69, 9.17) is 5.11 Å². The van der Waals surface area contributed by atoms with Crippen LogP contribution in [0, 0.1) is 11.7 Å². The van der Waals surface area contributed by atoms with Crippen molar-refractivity contribution < 1.29 is 14.3 Å². The second-order valence-electron chi connectivity index (χ2n) is 3.89. The van der Waals surface area contributed by atoms with Gasteiger partial charge in [-0.2, -0.15) is 0 Å². The molecule has 1 heterocycles. The smallest absolute Gasteiger partial charge is 0.252 e. The quantitative estimate of drug-likeness (QED) is 0.789. The van der Waals surface area contributed by atoms with E-state index in [1.807, 2.05) is 6.92 Å². The Morgan fingerprint density at radius 2 is 2.35 bits per heavy atom. The van der Waals surface area contributed by atoms with Crippen LogP contribution in [0.3, 0.4) is 0 Å². The zero-order chi connectivity index (χ0) is 12.7. The highest BCUT2D eigenvalue weighted by Crippen LogP contribution is 2.06. The van der Waals surface area contributed by atoms with Gasteiger partial charge in [-0.05, 0) is 18.4 Å². The number of aromatic nitrogens is 1. The highest BCUT2D eigenvalue weighted by molar-refractivity contribution is 5.93. The van der Waals surface area contributed by atoms with Crippen LogP contribution in [0.2, 0.25) is 0 Å². The molecular formula is C12H17FN2O2. The summed E-state index contributed by atoms with van der Waals surface area (Å²) in [4.78, 5) is 15.3. The minimum Gasteiger partial charge on any atom is -0.396 e. The molecule has 1 aromatic heterocycles. The van der Waals surface area contributed by atoms with E-state index in [9.17, 15) is 9.18 Å². The van der Waals surface area contributed by atoms with Crippen molar-refractivity contribution in [3.05, 3.63) is 29.8 Å². The molecule has 0 aliphatic rings. The van der Waals surface area contributed by atoms with Crippen molar-refractivity contribution in [2.45, 2.75) is 19.8 Å². The highest BCUT2D eigenvalue weighted by Gasteiger charge is 2.10. The summed E-state index contributed by atoms with van der Waals surface area (Å²) in [6, 6.07) is 1.15. The standard InChI is InChI=1S/C12H17FN2O2/c1-2-9(3-4-16)6-15-12(17)10-5-11(13)8-14-7-10/h5,7-9,16H,2-4,6H2,1H3,(H,15,17). The summed E-state index contributed by atoms with van der Waals surface area (Å²) in [5, 5.41) is 11.5. The predicted molar refractivity (Wildman–Crippen MR) is 62.0 cm³/mol. The van der Waals surface area contributed by atoms with Gasteiger partial charge in [-0.1, -0.05) is 13.3 Å². The second kappa shape index (κ2) is 6.96. The first-order valence-electron chi connectivity index (χ1n) is 5.67. The Balaban J connectivity index is 2.49. The van der Waals surface area contributed by atoms with Gasteiger partial charge >= 0.3 is 0 Å². The van der Waals surface area contributed by atoms with Gasteiger partial charge in [-0.15, -0.1) is 0 Å². The fourth-order valence-electron chi connectivity index (χ4n) is 1.51. The second-order valence-corrected chi connectivity index (χ2v) is 3.89. The lowest BCUT2D eigenvalue weighted by Crippen LogP contribution is -2.29. The molecule has 0 aliphatic heterocycles. The number of aliphatic hydroxyl groups is 1. The summed E-state index contributed by atoms with van der Waals surface area (Å²) in [7, 11) is 0. The molecule has 0 saturated heterocycles. The number of nitrogens with one attached hydrogen (secondary N) is 1. The van der Waals surface area contributed by atoms with Gasteiger partial charge in [0.2, 0.25) is 0 Å². The Morgan fingerprint density at radius 1 is 1.59 bits per heavy atom. The lowest BCUT2D eigenvalue weighted by Gasteiger charge is -2.14. The third-order valence-electron chi connectivity index (χ3n) is 2.63. The topological polar surface area (TPSA) is 62.2 Å². The van der Waals surface area contributed by atoms with Gasteiger partial charge in [0, 0.05) is 19.3 Å². The molecule has 0 bridgehead atoms. The van der Waals surface area contributed by atoms with Crippen molar-refractivity contribution >= 4 is 5.91 Å². The molecule has 1 atom stereocenters. The van der Waals surface area contributed by atoms with Gasteiger partial charge in [0.1, 0.15) is 5.82 Å². The van der Waals surface area contributed by atoms with E-state index in [1.54, 1.807) is 0 Å². The third-order valence-corrected chi connectivity index (χ3v) is 2.63. The van der Waals surface area contributed by atoms with E-state index >= 15 is 0 Å². The Morgan fingerprint density at radius 3 is 2.94 bits per heavy atom. The summed E-state index contributed by atoms with van der Waals surface area (Å²) in [6.45, 7) is 2.58. The van der Waals surface area contributed by atoms with Gasteiger partial charge in [0.25, 0.3) is 5.91 Å². The summed E-state index contributed by atoms with van der Waals surface area (Å²) in [5.74, 6) is -0.626. The number of rotatable bonds is 6. The van der Waals surface area contributed by atoms with Crippen LogP contribution in [0.15, 0.2) is 18.5 Å². The van der Waals surface area contributed by atoms with Crippen LogP contribution in [0.25, 0.3) is 0 Å². The largest absolute Gasteiger partial charge is 0.396 e. The van der Waals surface area contributed by atoms with E-state index in [0.717, 1.165) is 18.7 Å². The molecule has 2 N–H and O–H groups in total. The molecule has 1 aromatic rings. The van der Waals surface area contributed by atoms with Crippen molar-refractivity contribution in [3.8, 4) is 0 Å². The van der Waals surface area contributed by atoms with Gasteiger partial charge in [-0.25, -0.2) is 4.39 Å². The van der Waals surface area contributed by atoms with E-state index in [0.29, 0.717) is 13.0 Å². The van der Waals surface area contributed by atoms with Gasteiger partial charge in [-0.3, -0.25) is 9.78 Å². The first-order chi connectivity index (χ1) is 8.17. The van der Waals surface area contributed by atoms with Crippen LogP contribution >= 0.6 is 0 Å². The lowest BCUT2D eigenvalue weighted by molar-refractivity contribution is 0.0942. The maximum absolute atomic E-state index is 12.8. The predicted octanol–water partition coefficient (Wildman–Crippen LogP) is 1.36. The lowest BCUT2D eigenvalue weighted by atomic mass is 10.0. The van der Waals surface area contributed by atoms with Crippen LogP contribution in [-0.2, 0) is 0 Å². The fourth-order valence-corrected chi connectivity index (χ4v) is 1.51.